The van der Waals surface area contributed by atoms with Crippen LogP contribution in [0, 0.1) is 0 Å². The van der Waals surface area contributed by atoms with Gasteiger partial charge >= 0.3 is 6.18 Å². The number of aryl methyl sites for hydroxylation is 1. The topological polar surface area (TPSA) is 38.0 Å². The molecule has 1 N–H and O–H groups in total. The van der Waals surface area contributed by atoms with E-state index in [0.717, 1.165) is 12.1 Å². The van der Waals surface area contributed by atoms with Gasteiger partial charge in [0.1, 0.15) is 0 Å². The first kappa shape index (κ1) is 13.6. The summed E-state index contributed by atoms with van der Waals surface area (Å²) in [6.45, 7) is 0. The van der Waals surface area contributed by atoms with Crippen LogP contribution in [0.4, 0.5) is 13.2 Å². The molecule has 0 radical (unpaired) electrons. The molecule has 1 heterocycles. The van der Waals surface area contributed by atoms with Crippen LogP contribution in [0.3, 0.4) is 0 Å². The van der Waals surface area contributed by atoms with E-state index >= 15 is 0 Å². The molecule has 1 unspecified atom stereocenters. The first-order valence-electron chi connectivity index (χ1n) is 5.69. The van der Waals surface area contributed by atoms with E-state index in [1.54, 1.807) is 17.9 Å². The van der Waals surface area contributed by atoms with Gasteiger partial charge in [-0.3, -0.25) is 4.68 Å². The Labute approximate surface area is 108 Å². The fourth-order valence-corrected chi connectivity index (χ4v) is 1.78. The lowest BCUT2D eigenvalue weighted by Crippen LogP contribution is -2.05. The van der Waals surface area contributed by atoms with E-state index in [1.165, 1.54) is 18.3 Å². The molecule has 0 amide bonds. The second kappa shape index (κ2) is 5.05. The summed E-state index contributed by atoms with van der Waals surface area (Å²) in [5.74, 6) is 0. The van der Waals surface area contributed by atoms with Gasteiger partial charge in [-0.2, -0.15) is 18.3 Å². The number of benzene rings is 1. The van der Waals surface area contributed by atoms with Crippen LogP contribution in [0.5, 0.6) is 0 Å². The molecule has 0 aliphatic rings. The van der Waals surface area contributed by atoms with Crippen LogP contribution in [0.25, 0.3) is 0 Å². The number of alkyl halides is 3. The fraction of sp³-hybridized carbons (Fsp3) is 0.308. The molecule has 1 aromatic heterocycles. The smallest absolute Gasteiger partial charge is 0.388 e. The van der Waals surface area contributed by atoms with E-state index in [0.29, 0.717) is 11.1 Å². The molecule has 0 saturated carbocycles. The number of halogens is 3. The average molecular weight is 270 g/mol. The Morgan fingerprint density at radius 2 is 1.89 bits per heavy atom. The van der Waals surface area contributed by atoms with Crippen LogP contribution in [0.15, 0.2) is 36.7 Å². The minimum absolute atomic E-state index is 0.254. The summed E-state index contributed by atoms with van der Waals surface area (Å²) in [4.78, 5) is 0. The van der Waals surface area contributed by atoms with Crippen molar-refractivity contribution in [2.75, 3.05) is 0 Å². The molecule has 6 heteroatoms. The summed E-state index contributed by atoms with van der Waals surface area (Å²) < 4.78 is 38.7. The molecule has 102 valence electrons. The number of aliphatic hydroxyl groups is 1. The maximum atomic E-state index is 12.4. The van der Waals surface area contributed by atoms with Crippen LogP contribution in [-0.2, 0) is 19.6 Å². The lowest BCUT2D eigenvalue weighted by Gasteiger charge is -2.10. The highest BCUT2D eigenvalue weighted by atomic mass is 19.4. The van der Waals surface area contributed by atoms with Gasteiger partial charge < -0.3 is 5.11 Å². The van der Waals surface area contributed by atoms with E-state index in [4.69, 9.17) is 0 Å². The molecule has 19 heavy (non-hydrogen) atoms. The number of nitrogens with zero attached hydrogens (tertiary/aromatic N) is 2. The summed E-state index contributed by atoms with van der Waals surface area (Å²) in [5, 5.41) is 13.9. The molecule has 0 aliphatic carbocycles. The zero-order chi connectivity index (χ0) is 14.0. The number of rotatable bonds is 3. The Morgan fingerprint density at radius 1 is 1.26 bits per heavy atom. The van der Waals surface area contributed by atoms with Crippen LogP contribution in [-0.4, -0.2) is 14.9 Å². The van der Waals surface area contributed by atoms with Gasteiger partial charge in [-0.15, -0.1) is 0 Å². The highest BCUT2D eigenvalue weighted by molar-refractivity contribution is 5.26. The molecule has 1 atom stereocenters. The predicted octanol–water partition coefficient (Wildman–Crippen LogP) is 2.72. The Balaban J connectivity index is 2.07. The molecule has 1 aromatic carbocycles. The molecule has 2 rings (SSSR count). The lowest BCUT2D eigenvalue weighted by atomic mass is 10.0. The molecular formula is C13H13F3N2O. The number of aromatic nitrogens is 2. The van der Waals surface area contributed by atoms with Crippen LogP contribution < -0.4 is 0 Å². The summed E-state index contributed by atoms with van der Waals surface area (Å²) in [5.41, 5.74) is 0.596. The van der Waals surface area contributed by atoms with E-state index < -0.39 is 17.8 Å². The quantitative estimate of drug-likeness (QED) is 0.931. The Hall–Kier alpha value is -1.82. The van der Waals surface area contributed by atoms with Crippen molar-refractivity contribution in [1.82, 2.24) is 9.78 Å². The molecule has 0 bridgehead atoms. The molecule has 3 nitrogen and oxygen atoms in total. The van der Waals surface area contributed by atoms with Gasteiger partial charge in [0, 0.05) is 25.2 Å². The van der Waals surface area contributed by atoms with Gasteiger partial charge in [0.05, 0.1) is 17.9 Å². The predicted molar refractivity (Wildman–Crippen MR) is 63.3 cm³/mol. The maximum absolute atomic E-state index is 12.4. The summed E-state index contributed by atoms with van der Waals surface area (Å²) >= 11 is 0. The van der Waals surface area contributed by atoms with Gasteiger partial charge in [-0.25, -0.2) is 0 Å². The van der Waals surface area contributed by atoms with Gasteiger partial charge in [-0.1, -0.05) is 12.1 Å². The number of hydrogen-bond donors (Lipinski definition) is 1. The molecule has 0 saturated heterocycles. The van der Waals surface area contributed by atoms with E-state index in [2.05, 4.69) is 5.10 Å². The monoisotopic (exact) mass is 270 g/mol. The van der Waals surface area contributed by atoms with Crippen molar-refractivity contribution in [3.05, 3.63) is 53.3 Å². The molecule has 2 aromatic rings. The van der Waals surface area contributed by atoms with E-state index in [1.807, 2.05) is 0 Å². The van der Waals surface area contributed by atoms with Crippen molar-refractivity contribution < 1.29 is 18.3 Å². The lowest BCUT2D eigenvalue weighted by molar-refractivity contribution is -0.137. The summed E-state index contributed by atoms with van der Waals surface area (Å²) in [6, 6.07) is 4.79. The minimum atomic E-state index is -4.33. The molecular weight excluding hydrogens is 257 g/mol. The zero-order valence-corrected chi connectivity index (χ0v) is 10.2. The van der Waals surface area contributed by atoms with Crippen LogP contribution in [0.2, 0.25) is 0 Å². The average Bonchev–Trinajstić information content (AvgIpc) is 2.75. The summed E-state index contributed by atoms with van der Waals surface area (Å²) in [6.07, 6.45) is -1.64. The van der Waals surface area contributed by atoms with E-state index in [9.17, 15) is 18.3 Å². The molecule has 0 fully saturated rings. The van der Waals surface area contributed by atoms with Crippen molar-refractivity contribution in [1.29, 1.82) is 0 Å². The second-order valence-electron chi connectivity index (χ2n) is 4.36. The Kier molecular flexibility index (Phi) is 3.61. The van der Waals surface area contributed by atoms with E-state index in [-0.39, 0.29) is 6.42 Å². The standard InChI is InChI=1S/C13H13F3N2O/c1-18-8-10(7-17-18)12(19)6-9-2-4-11(5-3-9)13(14,15)16/h2-5,7-8,12,19H,6H2,1H3. The molecule has 0 aliphatic heterocycles. The van der Waals surface area contributed by atoms with Crippen molar-refractivity contribution >= 4 is 0 Å². The van der Waals surface area contributed by atoms with Gasteiger partial charge in [-0.05, 0) is 17.7 Å². The third-order valence-corrected chi connectivity index (χ3v) is 2.82. The second-order valence-corrected chi connectivity index (χ2v) is 4.36. The van der Waals surface area contributed by atoms with Crippen LogP contribution in [0.1, 0.15) is 22.8 Å². The summed E-state index contributed by atoms with van der Waals surface area (Å²) in [7, 11) is 1.73. The number of aliphatic hydroxyl groups excluding tert-OH is 1. The largest absolute Gasteiger partial charge is 0.416 e. The first-order valence-corrected chi connectivity index (χ1v) is 5.69. The third kappa shape index (κ3) is 3.35. The third-order valence-electron chi connectivity index (χ3n) is 2.82. The maximum Gasteiger partial charge on any atom is 0.416 e. The van der Waals surface area contributed by atoms with Gasteiger partial charge in [0.2, 0.25) is 0 Å². The van der Waals surface area contributed by atoms with Crippen molar-refractivity contribution in [3.8, 4) is 0 Å². The SMILES string of the molecule is Cn1cc(C(O)Cc2ccc(C(F)(F)F)cc2)cn1. The molecule has 0 spiro atoms. The fourth-order valence-electron chi connectivity index (χ4n) is 1.78. The van der Waals surface area contributed by atoms with Crippen molar-refractivity contribution in [3.63, 3.8) is 0 Å². The Bertz CT molecular complexity index is 546. The normalized spacial score (nSPS) is 13.5. The highest BCUT2D eigenvalue weighted by Crippen LogP contribution is 2.29. The zero-order valence-electron chi connectivity index (χ0n) is 10.2. The van der Waals surface area contributed by atoms with Gasteiger partial charge in [0.15, 0.2) is 0 Å². The van der Waals surface area contributed by atoms with Crippen molar-refractivity contribution in [2.24, 2.45) is 7.05 Å². The number of hydrogen-bond acceptors (Lipinski definition) is 2. The highest BCUT2D eigenvalue weighted by Gasteiger charge is 2.29. The minimum Gasteiger partial charge on any atom is -0.388 e. The van der Waals surface area contributed by atoms with Crippen molar-refractivity contribution in [2.45, 2.75) is 18.7 Å². The van der Waals surface area contributed by atoms with Crippen LogP contribution >= 0.6 is 0 Å². The Morgan fingerprint density at radius 3 is 2.37 bits per heavy atom. The van der Waals surface area contributed by atoms with Gasteiger partial charge in [0.25, 0.3) is 0 Å². The first-order chi connectivity index (χ1) is 8.86.